The first-order chi connectivity index (χ1) is 9.63. The third kappa shape index (κ3) is 2.44. The molecule has 102 valence electrons. The molecule has 0 bridgehead atoms. The number of carbonyl (C=O) groups excluding carboxylic acids is 2. The van der Waals surface area contributed by atoms with E-state index in [4.69, 9.17) is 0 Å². The molecule has 3 rings (SSSR count). The van der Waals surface area contributed by atoms with Crippen molar-refractivity contribution in [2.45, 2.75) is 19.9 Å². The summed E-state index contributed by atoms with van der Waals surface area (Å²) in [6, 6.07) is 7.59. The third-order valence-corrected chi connectivity index (χ3v) is 4.33. The predicted octanol–water partition coefficient (Wildman–Crippen LogP) is 2.48. The van der Waals surface area contributed by atoms with Crippen molar-refractivity contribution in [3.8, 4) is 0 Å². The minimum Gasteiger partial charge on any atom is -0.347 e. The molecule has 0 aliphatic carbocycles. The number of anilines is 1. The van der Waals surface area contributed by atoms with Crippen LogP contribution in [0.25, 0.3) is 0 Å². The van der Waals surface area contributed by atoms with Crippen LogP contribution in [0.2, 0.25) is 0 Å². The van der Waals surface area contributed by atoms with Gasteiger partial charge in [0.05, 0.1) is 11.3 Å². The van der Waals surface area contributed by atoms with E-state index < -0.39 is 0 Å². The first kappa shape index (κ1) is 12.9. The molecule has 0 spiro atoms. The summed E-state index contributed by atoms with van der Waals surface area (Å²) < 4.78 is 0. The second kappa shape index (κ2) is 5.09. The lowest BCUT2D eigenvalue weighted by Crippen LogP contribution is -2.22. The molecule has 5 heteroatoms. The number of carbonyl (C=O) groups is 2. The summed E-state index contributed by atoms with van der Waals surface area (Å²) >= 11 is 1.44. The zero-order chi connectivity index (χ0) is 14.1. The highest BCUT2D eigenvalue weighted by atomic mass is 32.1. The molecule has 2 amide bonds. The Bertz CT molecular complexity index is 691. The van der Waals surface area contributed by atoms with Gasteiger partial charge in [0.1, 0.15) is 0 Å². The fraction of sp³-hybridized carbons (Fsp3) is 0.200. The summed E-state index contributed by atoms with van der Waals surface area (Å²) in [6.45, 7) is 2.41. The van der Waals surface area contributed by atoms with Gasteiger partial charge < -0.3 is 10.6 Å². The van der Waals surface area contributed by atoms with Gasteiger partial charge in [-0.3, -0.25) is 9.59 Å². The van der Waals surface area contributed by atoms with Crippen molar-refractivity contribution in [2.24, 2.45) is 0 Å². The van der Waals surface area contributed by atoms with Crippen LogP contribution in [0.1, 0.15) is 26.4 Å². The number of thiophene rings is 1. The van der Waals surface area contributed by atoms with Crippen LogP contribution in [0.5, 0.6) is 0 Å². The summed E-state index contributed by atoms with van der Waals surface area (Å²) in [5.41, 5.74) is 3.92. The van der Waals surface area contributed by atoms with E-state index in [1.165, 1.54) is 11.3 Å². The van der Waals surface area contributed by atoms with Gasteiger partial charge in [0.25, 0.3) is 5.91 Å². The molecular weight excluding hydrogens is 272 g/mol. The Morgan fingerprint density at radius 2 is 2.30 bits per heavy atom. The lowest BCUT2D eigenvalue weighted by atomic mass is 10.0. The zero-order valence-corrected chi connectivity index (χ0v) is 11.8. The minimum absolute atomic E-state index is 0.00709. The van der Waals surface area contributed by atoms with Crippen LogP contribution in [0.3, 0.4) is 0 Å². The van der Waals surface area contributed by atoms with E-state index in [1.807, 2.05) is 36.6 Å². The molecule has 2 heterocycles. The van der Waals surface area contributed by atoms with Gasteiger partial charge in [-0.05, 0) is 41.1 Å². The van der Waals surface area contributed by atoms with Gasteiger partial charge in [-0.1, -0.05) is 12.1 Å². The van der Waals surface area contributed by atoms with E-state index in [9.17, 15) is 9.59 Å². The molecular formula is C15H14N2O2S. The Morgan fingerprint density at radius 3 is 3.05 bits per heavy atom. The Balaban J connectivity index is 1.72. The molecule has 4 nitrogen and oxygen atoms in total. The van der Waals surface area contributed by atoms with Crippen molar-refractivity contribution in [3.05, 3.63) is 51.2 Å². The molecule has 1 aliphatic rings. The smallest absolute Gasteiger partial charge is 0.261 e. The van der Waals surface area contributed by atoms with E-state index in [2.05, 4.69) is 10.6 Å². The second-order valence-corrected chi connectivity index (χ2v) is 5.75. The number of hydrogen-bond donors (Lipinski definition) is 2. The maximum atomic E-state index is 12.0. The molecule has 0 saturated heterocycles. The number of amides is 2. The first-order valence-electron chi connectivity index (χ1n) is 6.37. The average Bonchev–Trinajstić information content (AvgIpc) is 3.01. The van der Waals surface area contributed by atoms with Crippen LogP contribution in [0.15, 0.2) is 29.6 Å². The highest BCUT2D eigenvalue weighted by Crippen LogP contribution is 2.26. The molecule has 2 aromatic rings. The second-order valence-electron chi connectivity index (χ2n) is 4.84. The maximum absolute atomic E-state index is 12.0. The molecule has 2 N–H and O–H groups in total. The van der Waals surface area contributed by atoms with Crippen molar-refractivity contribution in [2.75, 3.05) is 5.32 Å². The fourth-order valence-corrected chi connectivity index (χ4v) is 3.11. The van der Waals surface area contributed by atoms with Crippen LogP contribution < -0.4 is 10.6 Å². The van der Waals surface area contributed by atoms with Crippen molar-refractivity contribution >= 4 is 28.8 Å². The maximum Gasteiger partial charge on any atom is 0.261 e. The zero-order valence-electron chi connectivity index (χ0n) is 11.0. The van der Waals surface area contributed by atoms with Crippen molar-refractivity contribution in [3.63, 3.8) is 0 Å². The van der Waals surface area contributed by atoms with Gasteiger partial charge in [0, 0.05) is 12.2 Å². The lowest BCUT2D eigenvalue weighted by molar-refractivity contribution is -0.115. The molecule has 20 heavy (non-hydrogen) atoms. The monoisotopic (exact) mass is 286 g/mol. The largest absolute Gasteiger partial charge is 0.347 e. The van der Waals surface area contributed by atoms with Crippen LogP contribution in [-0.4, -0.2) is 11.8 Å². The minimum atomic E-state index is -0.0713. The number of rotatable bonds is 3. The van der Waals surface area contributed by atoms with E-state index in [1.54, 1.807) is 0 Å². The van der Waals surface area contributed by atoms with Gasteiger partial charge in [0.2, 0.25) is 5.91 Å². The third-order valence-electron chi connectivity index (χ3n) is 3.28. The van der Waals surface area contributed by atoms with Gasteiger partial charge >= 0.3 is 0 Å². The number of nitrogens with one attached hydrogen (secondary N) is 2. The van der Waals surface area contributed by atoms with E-state index in [0.29, 0.717) is 17.8 Å². The van der Waals surface area contributed by atoms with Gasteiger partial charge in [-0.15, -0.1) is 11.3 Å². The van der Waals surface area contributed by atoms with Crippen molar-refractivity contribution in [1.82, 2.24) is 5.32 Å². The van der Waals surface area contributed by atoms with Crippen molar-refractivity contribution < 1.29 is 9.59 Å². The van der Waals surface area contributed by atoms with Crippen LogP contribution in [0, 0.1) is 6.92 Å². The van der Waals surface area contributed by atoms with E-state index >= 15 is 0 Å². The SMILES string of the molecule is Cc1csc(C(=O)NCc2cccc3c2CC(=O)N3)c1. The summed E-state index contributed by atoms with van der Waals surface area (Å²) in [4.78, 5) is 24.1. The van der Waals surface area contributed by atoms with Crippen LogP contribution in [0.4, 0.5) is 5.69 Å². The number of aryl methyl sites for hydroxylation is 1. The number of hydrogen-bond acceptors (Lipinski definition) is 3. The standard InChI is InChI=1S/C15H14N2O2S/c1-9-5-13(20-8-9)15(19)16-7-10-3-2-4-12-11(10)6-14(18)17-12/h2-5,8H,6-7H2,1H3,(H,16,19)(H,17,18). The topological polar surface area (TPSA) is 58.2 Å². The van der Waals surface area contributed by atoms with Crippen LogP contribution in [-0.2, 0) is 17.8 Å². The van der Waals surface area contributed by atoms with Gasteiger partial charge in [-0.2, -0.15) is 0 Å². The molecule has 0 unspecified atom stereocenters. The number of fused-ring (bicyclic) bond motifs is 1. The lowest BCUT2D eigenvalue weighted by Gasteiger charge is -2.08. The van der Waals surface area contributed by atoms with Gasteiger partial charge in [0.15, 0.2) is 0 Å². The highest BCUT2D eigenvalue weighted by molar-refractivity contribution is 7.12. The molecule has 1 aliphatic heterocycles. The summed E-state index contributed by atoms with van der Waals surface area (Å²) in [5.74, 6) is -0.0642. The Labute approximate surface area is 120 Å². The normalized spacial score (nSPS) is 12.9. The van der Waals surface area contributed by atoms with Gasteiger partial charge in [-0.25, -0.2) is 0 Å². The number of benzene rings is 1. The Kier molecular flexibility index (Phi) is 3.28. The Hall–Kier alpha value is -2.14. The molecule has 0 atom stereocenters. The summed E-state index contributed by atoms with van der Waals surface area (Å²) in [7, 11) is 0. The summed E-state index contributed by atoms with van der Waals surface area (Å²) in [5, 5.41) is 7.67. The Morgan fingerprint density at radius 1 is 1.45 bits per heavy atom. The average molecular weight is 286 g/mol. The highest BCUT2D eigenvalue weighted by Gasteiger charge is 2.20. The molecule has 0 saturated carbocycles. The summed E-state index contributed by atoms with van der Waals surface area (Å²) in [6.07, 6.45) is 0.388. The molecule has 1 aromatic carbocycles. The quantitative estimate of drug-likeness (QED) is 0.910. The first-order valence-corrected chi connectivity index (χ1v) is 7.25. The molecule has 1 aromatic heterocycles. The predicted molar refractivity (Wildman–Crippen MR) is 79.0 cm³/mol. The van der Waals surface area contributed by atoms with Crippen LogP contribution >= 0.6 is 11.3 Å². The van der Waals surface area contributed by atoms with Crippen molar-refractivity contribution in [1.29, 1.82) is 0 Å². The molecule has 0 radical (unpaired) electrons. The van der Waals surface area contributed by atoms with E-state index in [0.717, 1.165) is 22.4 Å². The van der Waals surface area contributed by atoms with E-state index in [-0.39, 0.29) is 11.8 Å². The fourth-order valence-electron chi connectivity index (χ4n) is 2.29. The molecule has 0 fully saturated rings.